The molecule has 8 heteroatoms. The second-order valence-electron chi connectivity index (χ2n) is 8.34. The first-order chi connectivity index (χ1) is 16.0. The summed E-state index contributed by atoms with van der Waals surface area (Å²) in [7, 11) is 0. The molecule has 0 saturated carbocycles. The highest BCUT2D eigenvalue weighted by molar-refractivity contribution is 6.06. The average molecular weight is 445 g/mol. The van der Waals surface area contributed by atoms with Gasteiger partial charge in [-0.05, 0) is 57.0 Å². The summed E-state index contributed by atoms with van der Waals surface area (Å²) in [6.07, 6.45) is 4.20. The van der Waals surface area contributed by atoms with Crippen molar-refractivity contribution in [3.8, 4) is 17.1 Å². The largest absolute Gasteiger partial charge is 0.319 e. The number of aromatic nitrogens is 5. The number of halogens is 1. The molecule has 33 heavy (non-hydrogen) atoms. The van der Waals surface area contributed by atoms with Gasteiger partial charge in [0.1, 0.15) is 11.6 Å². The fourth-order valence-corrected chi connectivity index (χ4v) is 4.44. The highest BCUT2D eigenvalue weighted by atomic mass is 19.1. The van der Waals surface area contributed by atoms with E-state index >= 15 is 0 Å². The summed E-state index contributed by atoms with van der Waals surface area (Å²) in [5, 5.41) is 15.9. The molecule has 0 spiro atoms. The molecule has 0 saturated heterocycles. The molecule has 1 N–H and O–H groups in total. The first-order valence-electron chi connectivity index (χ1n) is 11.2. The van der Waals surface area contributed by atoms with E-state index in [0.29, 0.717) is 22.8 Å². The molecule has 0 radical (unpaired) electrons. The van der Waals surface area contributed by atoms with Gasteiger partial charge in [-0.2, -0.15) is 5.10 Å². The second kappa shape index (κ2) is 8.61. The van der Waals surface area contributed by atoms with Gasteiger partial charge < -0.3 is 9.88 Å². The van der Waals surface area contributed by atoms with Crippen LogP contribution in [0.3, 0.4) is 0 Å². The van der Waals surface area contributed by atoms with E-state index in [2.05, 4.69) is 25.2 Å². The lowest BCUT2D eigenvalue weighted by atomic mass is 10.1. The zero-order chi connectivity index (χ0) is 22.9. The van der Waals surface area contributed by atoms with Crippen molar-refractivity contribution in [2.24, 2.45) is 0 Å². The van der Waals surface area contributed by atoms with Gasteiger partial charge in [-0.15, -0.1) is 10.2 Å². The first-order valence-corrected chi connectivity index (χ1v) is 11.2. The lowest BCUT2D eigenvalue weighted by Gasteiger charge is -2.11. The smallest absolute Gasteiger partial charge is 0.259 e. The third-order valence-corrected chi connectivity index (χ3v) is 6.10. The average Bonchev–Trinajstić information content (AvgIpc) is 3.26. The van der Waals surface area contributed by atoms with E-state index in [1.165, 1.54) is 6.07 Å². The van der Waals surface area contributed by atoms with E-state index in [-0.39, 0.29) is 5.69 Å². The minimum absolute atomic E-state index is 0.106. The van der Waals surface area contributed by atoms with Crippen LogP contribution in [0, 0.1) is 19.7 Å². The van der Waals surface area contributed by atoms with Gasteiger partial charge in [0.25, 0.3) is 5.91 Å². The third-order valence-electron chi connectivity index (χ3n) is 6.10. The van der Waals surface area contributed by atoms with Crippen LogP contribution in [0.4, 0.5) is 10.1 Å². The molecule has 4 aromatic rings. The molecular weight excluding hydrogens is 419 g/mol. The maximum absolute atomic E-state index is 14.7. The molecule has 0 bridgehead atoms. The number of para-hydroxylation sites is 1. The van der Waals surface area contributed by atoms with Crippen molar-refractivity contribution in [2.75, 3.05) is 5.32 Å². The van der Waals surface area contributed by atoms with Gasteiger partial charge in [0.2, 0.25) is 0 Å². The van der Waals surface area contributed by atoms with Crippen LogP contribution in [-0.2, 0) is 13.0 Å². The van der Waals surface area contributed by atoms with Gasteiger partial charge in [0.05, 0.1) is 28.3 Å². The number of nitrogens with zero attached hydrogens (tertiary/aromatic N) is 5. The van der Waals surface area contributed by atoms with Crippen LogP contribution < -0.4 is 5.32 Å². The van der Waals surface area contributed by atoms with Gasteiger partial charge in [-0.25, -0.2) is 9.07 Å². The monoisotopic (exact) mass is 444 g/mol. The van der Waals surface area contributed by atoms with Crippen LogP contribution in [0.1, 0.15) is 46.8 Å². The van der Waals surface area contributed by atoms with Crippen molar-refractivity contribution in [3.05, 3.63) is 77.1 Å². The molecule has 168 valence electrons. The summed E-state index contributed by atoms with van der Waals surface area (Å²) in [4.78, 5) is 13.2. The molecule has 5 rings (SSSR count). The number of hydrogen-bond donors (Lipinski definition) is 1. The molecule has 0 atom stereocenters. The SMILES string of the molecule is Cc1nn(-c2ccccc2)c(C)c1C(=O)Nc1cc(-c2nnc3n2CCCCC3)ccc1F. The van der Waals surface area contributed by atoms with Crippen LogP contribution in [0.2, 0.25) is 0 Å². The van der Waals surface area contributed by atoms with Gasteiger partial charge in [-0.3, -0.25) is 4.79 Å². The van der Waals surface area contributed by atoms with E-state index in [1.54, 1.807) is 23.7 Å². The van der Waals surface area contributed by atoms with Gasteiger partial charge in [0.15, 0.2) is 5.82 Å². The van der Waals surface area contributed by atoms with Crippen LogP contribution in [-0.4, -0.2) is 30.5 Å². The van der Waals surface area contributed by atoms with E-state index in [1.807, 2.05) is 37.3 Å². The van der Waals surface area contributed by atoms with Gasteiger partial charge in [0, 0.05) is 18.5 Å². The Morgan fingerprint density at radius 2 is 1.85 bits per heavy atom. The Morgan fingerprint density at radius 1 is 1.03 bits per heavy atom. The summed E-state index contributed by atoms with van der Waals surface area (Å²) >= 11 is 0. The number of carbonyl (C=O) groups excluding carboxylic acids is 1. The Morgan fingerprint density at radius 3 is 2.67 bits per heavy atom. The van der Waals surface area contributed by atoms with E-state index in [0.717, 1.165) is 49.3 Å². The van der Waals surface area contributed by atoms with Crippen molar-refractivity contribution >= 4 is 11.6 Å². The quantitative estimate of drug-likeness (QED) is 0.487. The number of rotatable bonds is 4. The van der Waals surface area contributed by atoms with Gasteiger partial charge in [-0.1, -0.05) is 24.6 Å². The number of aryl methyl sites for hydroxylation is 2. The molecule has 0 fully saturated rings. The molecule has 1 aliphatic heterocycles. The lowest BCUT2D eigenvalue weighted by molar-refractivity contribution is 0.102. The number of hydrogen-bond acceptors (Lipinski definition) is 4. The fourth-order valence-electron chi connectivity index (χ4n) is 4.44. The maximum Gasteiger partial charge on any atom is 0.259 e. The molecule has 1 aliphatic rings. The highest BCUT2D eigenvalue weighted by Crippen LogP contribution is 2.27. The zero-order valence-electron chi connectivity index (χ0n) is 18.7. The zero-order valence-corrected chi connectivity index (χ0v) is 18.7. The molecule has 0 aliphatic carbocycles. The summed E-state index contributed by atoms with van der Waals surface area (Å²) in [6.45, 7) is 4.45. The molecule has 0 unspecified atom stereocenters. The molecule has 7 nitrogen and oxygen atoms in total. The summed E-state index contributed by atoms with van der Waals surface area (Å²) in [6, 6.07) is 14.3. The fraction of sp³-hybridized carbons (Fsp3) is 0.280. The highest BCUT2D eigenvalue weighted by Gasteiger charge is 2.22. The Bertz CT molecular complexity index is 1320. The third kappa shape index (κ3) is 3.92. The predicted octanol–water partition coefficient (Wildman–Crippen LogP) is 4.87. The maximum atomic E-state index is 14.7. The molecule has 2 aromatic carbocycles. The molecule has 3 heterocycles. The topological polar surface area (TPSA) is 77.6 Å². The lowest BCUT2D eigenvalue weighted by Crippen LogP contribution is -2.15. The predicted molar refractivity (Wildman–Crippen MR) is 124 cm³/mol. The number of carbonyl (C=O) groups is 1. The summed E-state index contributed by atoms with van der Waals surface area (Å²) < 4.78 is 18.5. The van der Waals surface area contributed by atoms with Crippen LogP contribution in [0.5, 0.6) is 0 Å². The number of benzene rings is 2. The number of fused-ring (bicyclic) bond motifs is 1. The Balaban J connectivity index is 1.46. The number of anilines is 1. The Labute approximate surface area is 191 Å². The van der Waals surface area contributed by atoms with Crippen LogP contribution in [0.25, 0.3) is 17.1 Å². The Kier molecular flexibility index (Phi) is 5.50. The van der Waals surface area contributed by atoms with E-state index in [4.69, 9.17) is 0 Å². The van der Waals surface area contributed by atoms with Gasteiger partial charge >= 0.3 is 0 Å². The van der Waals surface area contributed by atoms with E-state index in [9.17, 15) is 9.18 Å². The molecule has 1 amide bonds. The van der Waals surface area contributed by atoms with Crippen LogP contribution >= 0.6 is 0 Å². The second-order valence-corrected chi connectivity index (χ2v) is 8.34. The summed E-state index contributed by atoms with van der Waals surface area (Å²) in [5.74, 6) is 0.750. The van der Waals surface area contributed by atoms with Crippen molar-refractivity contribution in [1.82, 2.24) is 24.5 Å². The Hall–Kier alpha value is -3.81. The molecule has 2 aromatic heterocycles. The van der Waals surface area contributed by atoms with Crippen molar-refractivity contribution < 1.29 is 9.18 Å². The minimum atomic E-state index is -0.506. The number of nitrogens with one attached hydrogen (secondary N) is 1. The number of amides is 1. The molecular formula is C25H25FN6O. The standard InChI is InChI=1S/C25H25FN6O/c1-16-23(17(2)32(30-16)19-9-5-3-6-10-19)25(33)27-21-15-18(12-13-20(21)26)24-29-28-22-11-7-4-8-14-31(22)24/h3,5-6,9-10,12-13,15H,4,7-8,11,14H2,1-2H3,(H,27,33). The van der Waals surface area contributed by atoms with Crippen molar-refractivity contribution in [3.63, 3.8) is 0 Å². The normalized spacial score (nSPS) is 13.4. The first kappa shape index (κ1) is 21.1. The summed E-state index contributed by atoms with van der Waals surface area (Å²) in [5.41, 5.74) is 3.39. The minimum Gasteiger partial charge on any atom is -0.319 e. The van der Waals surface area contributed by atoms with Crippen molar-refractivity contribution in [1.29, 1.82) is 0 Å². The van der Waals surface area contributed by atoms with E-state index < -0.39 is 11.7 Å². The van der Waals surface area contributed by atoms with Crippen molar-refractivity contribution in [2.45, 2.75) is 46.1 Å². The van der Waals surface area contributed by atoms with Crippen LogP contribution in [0.15, 0.2) is 48.5 Å².